The Balaban J connectivity index is 0.00000192. The number of amides is 1. The van der Waals surface area contributed by atoms with Gasteiger partial charge in [-0.1, -0.05) is 11.6 Å². The van der Waals surface area contributed by atoms with Crippen molar-refractivity contribution in [3.05, 3.63) is 51.8 Å². The van der Waals surface area contributed by atoms with Crippen LogP contribution in [0.4, 0.5) is 8.78 Å². The normalized spacial score (nSPS) is 13.2. The van der Waals surface area contributed by atoms with E-state index in [1.54, 1.807) is 0 Å². The standard InChI is InChI=1S/C14H13ClF2N4O.ClH/c15-11-5-13(17)12(16)4-10(11)14(22)19-6-8-3-9-7-18-1-2-21(9)20-8;/h3-5,18H,1-2,6-7H2,(H,19,22);1H. The van der Waals surface area contributed by atoms with Gasteiger partial charge in [-0.25, -0.2) is 8.78 Å². The van der Waals surface area contributed by atoms with E-state index in [4.69, 9.17) is 11.6 Å². The lowest BCUT2D eigenvalue weighted by atomic mass is 10.2. The second-order valence-corrected chi connectivity index (χ2v) is 5.36. The Labute approximate surface area is 142 Å². The van der Waals surface area contributed by atoms with Crippen LogP contribution in [-0.4, -0.2) is 22.2 Å². The first-order valence-electron chi connectivity index (χ1n) is 6.73. The van der Waals surface area contributed by atoms with Crippen LogP contribution >= 0.6 is 24.0 Å². The molecule has 5 nitrogen and oxygen atoms in total. The molecule has 2 aromatic rings. The third-order valence-corrected chi connectivity index (χ3v) is 3.72. The molecule has 2 heterocycles. The fourth-order valence-corrected chi connectivity index (χ4v) is 2.54. The average molecular weight is 363 g/mol. The highest BCUT2D eigenvalue weighted by Gasteiger charge is 2.16. The number of benzene rings is 1. The van der Waals surface area contributed by atoms with Crippen LogP contribution < -0.4 is 10.6 Å². The zero-order valence-corrected chi connectivity index (χ0v) is 13.5. The number of fused-ring (bicyclic) bond motifs is 1. The van der Waals surface area contributed by atoms with E-state index in [1.165, 1.54) is 0 Å². The van der Waals surface area contributed by atoms with Crippen molar-refractivity contribution in [1.82, 2.24) is 20.4 Å². The van der Waals surface area contributed by atoms with Gasteiger partial charge in [0.1, 0.15) is 0 Å². The monoisotopic (exact) mass is 362 g/mol. The van der Waals surface area contributed by atoms with Gasteiger partial charge in [-0.05, 0) is 18.2 Å². The maximum absolute atomic E-state index is 13.2. The Morgan fingerprint density at radius 2 is 2.09 bits per heavy atom. The summed E-state index contributed by atoms with van der Waals surface area (Å²) in [5, 5.41) is 10.1. The molecule has 3 rings (SSSR count). The van der Waals surface area contributed by atoms with Crippen molar-refractivity contribution in [3.8, 4) is 0 Å². The molecule has 0 atom stereocenters. The summed E-state index contributed by atoms with van der Waals surface area (Å²) in [6.45, 7) is 2.55. The number of aromatic nitrogens is 2. The first-order chi connectivity index (χ1) is 10.5. The molecule has 1 aliphatic heterocycles. The van der Waals surface area contributed by atoms with Crippen molar-refractivity contribution in [3.63, 3.8) is 0 Å². The van der Waals surface area contributed by atoms with Crippen LogP contribution in [0.25, 0.3) is 0 Å². The fraction of sp³-hybridized carbons (Fsp3) is 0.286. The summed E-state index contributed by atoms with van der Waals surface area (Å²) in [5.41, 5.74) is 1.64. The number of hydrogen-bond donors (Lipinski definition) is 2. The molecule has 9 heteroatoms. The largest absolute Gasteiger partial charge is 0.346 e. The summed E-state index contributed by atoms with van der Waals surface area (Å²) in [6.07, 6.45) is 0. The zero-order valence-electron chi connectivity index (χ0n) is 11.9. The third-order valence-electron chi connectivity index (χ3n) is 3.41. The topological polar surface area (TPSA) is 59.0 Å². The Morgan fingerprint density at radius 3 is 2.83 bits per heavy atom. The highest BCUT2D eigenvalue weighted by Crippen LogP contribution is 2.20. The molecular weight excluding hydrogens is 349 g/mol. The van der Waals surface area contributed by atoms with Gasteiger partial charge in [0.25, 0.3) is 5.91 Å². The van der Waals surface area contributed by atoms with E-state index < -0.39 is 17.5 Å². The van der Waals surface area contributed by atoms with E-state index >= 15 is 0 Å². The SMILES string of the molecule is Cl.O=C(NCc1cc2n(n1)CCNC2)c1cc(F)c(F)cc1Cl. The summed E-state index contributed by atoms with van der Waals surface area (Å²) >= 11 is 5.77. The van der Waals surface area contributed by atoms with Gasteiger partial charge in [-0.3, -0.25) is 9.48 Å². The van der Waals surface area contributed by atoms with Crippen molar-refractivity contribution in [2.75, 3.05) is 6.54 Å². The summed E-state index contributed by atoms with van der Waals surface area (Å²) in [5.74, 6) is -2.78. The highest BCUT2D eigenvalue weighted by molar-refractivity contribution is 6.33. The maximum atomic E-state index is 13.2. The second-order valence-electron chi connectivity index (χ2n) is 4.96. The molecule has 23 heavy (non-hydrogen) atoms. The van der Waals surface area contributed by atoms with Gasteiger partial charge < -0.3 is 10.6 Å². The lowest BCUT2D eigenvalue weighted by molar-refractivity contribution is 0.0950. The molecular formula is C14H14Cl2F2N4O. The number of halogens is 4. The Hall–Kier alpha value is -1.70. The van der Waals surface area contributed by atoms with E-state index in [9.17, 15) is 13.6 Å². The van der Waals surface area contributed by atoms with Gasteiger partial charge in [0.05, 0.1) is 35.1 Å². The Bertz CT molecular complexity index is 712. The van der Waals surface area contributed by atoms with Crippen LogP contribution in [0.15, 0.2) is 18.2 Å². The lowest BCUT2D eigenvalue weighted by Gasteiger charge is -2.13. The van der Waals surface area contributed by atoms with Crippen molar-refractivity contribution in [1.29, 1.82) is 0 Å². The van der Waals surface area contributed by atoms with Crippen LogP contribution in [0, 0.1) is 11.6 Å². The molecule has 0 unspecified atom stereocenters. The Kier molecular flexibility index (Phi) is 5.56. The van der Waals surface area contributed by atoms with Gasteiger partial charge in [0.2, 0.25) is 0 Å². The number of rotatable bonds is 3. The summed E-state index contributed by atoms with van der Waals surface area (Å²) in [7, 11) is 0. The van der Waals surface area contributed by atoms with Crippen LogP contribution in [-0.2, 0) is 19.6 Å². The second kappa shape index (κ2) is 7.25. The van der Waals surface area contributed by atoms with E-state index in [0.717, 1.165) is 37.5 Å². The fourth-order valence-electron chi connectivity index (χ4n) is 2.30. The molecule has 2 N–H and O–H groups in total. The molecule has 1 aromatic heterocycles. The lowest BCUT2D eigenvalue weighted by Crippen LogP contribution is -2.28. The molecule has 0 radical (unpaired) electrons. The quantitative estimate of drug-likeness (QED) is 0.823. The zero-order chi connectivity index (χ0) is 15.7. The van der Waals surface area contributed by atoms with E-state index in [1.807, 2.05) is 10.7 Å². The molecule has 1 aliphatic rings. The van der Waals surface area contributed by atoms with Gasteiger partial charge >= 0.3 is 0 Å². The number of carbonyl (C=O) groups excluding carboxylic acids is 1. The number of nitrogens with zero attached hydrogens (tertiary/aromatic N) is 2. The molecule has 0 spiro atoms. The highest BCUT2D eigenvalue weighted by atomic mass is 35.5. The van der Waals surface area contributed by atoms with Gasteiger partial charge in [-0.2, -0.15) is 5.10 Å². The summed E-state index contributed by atoms with van der Waals surface area (Å²) < 4.78 is 28.1. The number of carbonyl (C=O) groups is 1. The van der Waals surface area contributed by atoms with E-state index in [2.05, 4.69) is 15.7 Å². The van der Waals surface area contributed by atoms with E-state index in [0.29, 0.717) is 5.69 Å². The predicted octanol–water partition coefficient (Wildman–Crippen LogP) is 2.27. The molecule has 0 aliphatic carbocycles. The van der Waals surface area contributed by atoms with Gasteiger partial charge in [0.15, 0.2) is 11.6 Å². The molecule has 0 bridgehead atoms. The minimum Gasteiger partial charge on any atom is -0.346 e. The molecule has 0 saturated carbocycles. The van der Waals surface area contributed by atoms with Gasteiger partial charge in [-0.15, -0.1) is 12.4 Å². The maximum Gasteiger partial charge on any atom is 0.253 e. The predicted molar refractivity (Wildman–Crippen MR) is 83.7 cm³/mol. The van der Waals surface area contributed by atoms with Crippen LogP contribution in [0.3, 0.4) is 0 Å². The van der Waals surface area contributed by atoms with Gasteiger partial charge in [0, 0.05) is 13.1 Å². The summed E-state index contributed by atoms with van der Waals surface area (Å²) in [4.78, 5) is 12.0. The summed E-state index contributed by atoms with van der Waals surface area (Å²) in [6, 6.07) is 3.46. The van der Waals surface area contributed by atoms with Crippen LogP contribution in [0.1, 0.15) is 21.7 Å². The van der Waals surface area contributed by atoms with Crippen LogP contribution in [0.2, 0.25) is 5.02 Å². The molecule has 0 saturated heterocycles. The minimum absolute atomic E-state index is 0. The average Bonchev–Trinajstić information content (AvgIpc) is 2.91. The Morgan fingerprint density at radius 1 is 1.35 bits per heavy atom. The third kappa shape index (κ3) is 3.80. The van der Waals surface area contributed by atoms with Crippen molar-refractivity contribution < 1.29 is 13.6 Å². The first kappa shape index (κ1) is 17.7. The molecule has 1 aromatic carbocycles. The smallest absolute Gasteiger partial charge is 0.253 e. The molecule has 0 fully saturated rings. The number of hydrogen-bond acceptors (Lipinski definition) is 3. The number of nitrogens with one attached hydrogen (secondary N) is 2. The first-order valence-corrected chi connectivity index (χ1v) is 7.11. The van der Waals surface area contributed by atoms with Crippen molar-refractivity contribution in [2.45, 2.75) is 19.6 Å². The van der Waals surface area contributed by atoms with Crippen molar-refractivity contribution >= 4 is 29.9 Å². The van der Waals surface area contributed by atoms with Crippen LogP contribution in [0.5, 0.6) is 0 Å². The van der Waals surface area contributed by atoms with E-state index in [-0.39, 0.29) is 29.5 Å². The minimum atomic E-state index is -1.11. The van der Waals surface area contributed by atoms with Crippen molar-refractivity contribution in [2.24, 2.45) is 0 Å². The molecule has 1 amide bonds. The molecule has 124 valence electrons.